The average molecular weight is 642 g/mol. The molecular formula is C24H16BrCl2FN4O5S. The summed E-state index contributed by atoms with van der Waals surface area (Å²) in [6.07, 6.45) is 2.57. The number of halogens is 4. The molecule has 1 aromatic heterocycles. The number of hydrogen-bond donors (Lipinski definition) is 3. The molecular weight excluding hydrogens is 626 g/mol. The molecule has 0 bridgehead atoms. The van der Waals surface area contributed by atoms with Crippen LogP contribution in [0.3, 0.4) is 0 Å². The zero-order valence-electron chi connectivity index (χ0n) is 19.0. The number of amides is 1. The minimum Gasteiger partial charge on any atom is -0.480 e. The molecule has 1 heterocycles. The number of sulfonamides is 1. The van der Waals surface area contributed by atoms with Gasteiger partial charge in [0.2, 0.25) is 0 Å². The summed E-state index contributed by atoms with van der Waals surface area (Å²) in [5, 5.41) is 11.9. The van der Waals surface area contributed by atoms with Crippen LogP contribution in [-0.4, -0.2) is 41.4 Å². The molecule has 0 unspecified atom stereocenters. The molecule has 0 spiro atoms. The molecule has 3 aromatic carbocycles. The predicted octanol–water partition coefficient (Wildman–Crippen LogP) is 5.06. The standard InChI is InChI=1S/C24H16BrCl2FN4O5S/c25-14-8-12(4-5-17(14)28)9-20(24(34)35)31-23(33)13-10-15(26)16(27)11-19(13)32-38(36,37)21-3-1-2-18-22(21)30-7-6-29-18/h1-8,10-11,20,32H,9H2,(H,31,33)(H,34,35)/t20-/m0/s1. The number of fused-ring (bicyclic) bond motifs is 1. The molecule has 4 rings (SSSR count). The first kappa shape index (κ1) is 27.7. The normalized spacial score (nSPS) is 12.2. The number of carboxylic acid groups (broad SMARTS) is 1. The number of nitrogens with one attached hydrogen (secondary N) is 2. The van der Waals surface area contributed by atoms with E-state index in [-0.39, 0.29) is 42.6 Å². The molecule has 4 aromatic rings. The second-order valence-corrected chi connectivity index (χ2v) is 11.2. The number of hydrogen-bond acceptors (Lipinski definition) is 6. The maximum Gasteiger partial charge on any atom is 0.326 e. The van der Waals surface area contributed by atoms with Gasteiger partial charge in [0.15, 0.2) is 0 Å². The highest BCUT2D eigenvalue weighted by molar-refractivity contribution is 9.10. The van der Waals surface area contributed by atoms with E-state index in [0.29, 0.717) is 11.1 Å². The number of nitrogens with zero attached hydrogens (tertiary/aromatic N) is 2. The summed E-state index contributed by atoms with van der Waals surface area (Å²) in [6, 6.07) is 9.14. The van der Waals surface area contributed by atoms with E-state index in [1.54, 1.807) is 6.07 Å². The maximum absolute atomic E-state index is 13.6. The molecule has 9 nitrogen and oxygen atoms in total. The van der Waals surface area contributed by atoms with Gasteiger partial charge in [0, 0.05) is 18.8 Å². The maximum atomic E-state index is 13.6. The Balaban J connectivity index is 1.67. The SMILES string of the molecule is O=C(N[C@@H](Cc1ccc(F)c(Br)c1)C(=O)O)c1cc(Cl)c(Cl)cc1NS(=O)(=O)c1cccc2nccnc12. The van der Waals surface area contributed by atoms with Crippen LogP contribution in [0, 0.1) is 5.82 Å². The highest BCUT2D eigenvalue weighted by Gasteiger charge is 2.26. The van der Waals surface area contributed by atoms with Crippen LogP contribution in [0.4, 0.5) is 10.1 Å². The van der Waals surface area contributed by atoms with Crippen molar-refractivity contribution in [3.8, 4) is 0 Å². The van der Waals surface area contributed by atoms with E-state index in [2.05, 4.69) is 35.9 Å². The third kappa shape index (κ3) is 6.04. The topological polar surface area (TPSA) is 138 Å². The Labute approximate surface area is 234 Å². The van der Waals surface area contributed by atoms with E-state index < -0.39 is 33.8 Å². The quantitative estimate of drug-likeness (QED) is 0.244. The lowest BCUT2D eigenvalue weighted by Gasteiger charge is -2.18. The zero-order chi connectivity index (χ0) is 27.6. The largest absolute Gasteiger partial charge is 0.480 e. The van der Waals surface area contributed by atoms with Crippen LogP contribution in [0.25, 0.3) is 11.0 Å². The Bertz CT molecular complexity index is 1680. The van der Waals surface area contributed by atoms with Crippen LogP contribution in [-0.2, 0) is 21.2 Å². The van der Waals surface area contributed by atoms with Crippen LogP contribution >= 0.6 is 39.1 Å². The molecule has 3 N–H and O–H groups in total. The average Bonchev–Trinajstić information content (AvgIpc) is 2.87. The Kier molecular flexibility index (Phi) is 8.16. The zero-order valence-corrected chi connectivity index (χ0v) is 22.9. The second-order valence-electron chi connectivity index (χ2n) is 7.91. The Morgan fingerprint density at radius 2 is 1.76 bits per heavy atom. The fourth-order valence-corrected chi connectivity index (χ4v) is 5.53. The van der Waals surface area contributed by atoms with Crippen LogP contribution in [0.1, 0.15) is 15.9 Å². The Morgan fingerprint density at radius 1 is 1.05 bits per heavy atom. The molecule has 1 amide bonds. The third-order valence-corrected chi connectivity index (χ3v) is 8.05. The van der Waals surface area contributed by atoms with Gasteiger partial charge >= 0.3 is 5.97 Å². The third-order valence-electron chi connectivity index (χ3n) is 5.33. The number of aliphatic carboxylic acids is 1. The van der Waals surface area contributed by atoms with Crippen molar-refractivity contribution in [2.75, 3.05) is 4.72 Å². The van der Waals surface area contributed by atoms with E-state index in [0.717, 1.165) is 18.2 Å². The number of anilines is 1. The first-order valence-electron chi connectivity index (χ1n) is 10.7. The number of rotatable bonds is 8. The minimum atomic E-state index is -4.32. The molecule has 0 fully saturated rings. The molecule has 14 heteroatoms. The van der Waals surface area contributed by atoms with Crippen molar-refractivity contribution in [3.05, 3.63) is 92.4 Å². The van der Waals surface area contributed by atoms with Gasteiger partial charge in [-0.1, -0.05) is 35.3 Å². The van der Waals surface area contributed by atoms with Gasteiger partial charge in [-0.15, -0.1) is 0 Å². The van der Waals surface area contributed by atoms with Gasteiger partial charge in [-0.05, 0) is 57.9 Å². The number of carbonyl (C=O) groups excluding carboxylic acids is 1. The molecule has 0 aliphatic heterocycles. The highest BCUT2D eigenvalue weighted by atomic mass is 79.9. The number of para-hydroxylation sites is 1. The summed E-state index contributed by atoms with van der Waals surface area (Å²) in [6.45, 7) is 0. The fraction of sp³-hybridized carbons (Fsp3) is 0.0833. The van der Waals surface area contributed by atoms with E-state index in [1.807, 2.05) is 0 Å². The lowest BCUT2D eigenvalue weighted by Crippen LogP contribution is -2.42. The summed E-state index contributed by atoms with van der Waals surface area (Å²) in [5.74, 6) is -2.84. The molecule has 0 aliphatic rings. The first-order chi connectivity index (χ1) is 18.0. The fourth-order valence-electron chi connectivity index (χ4n) is 3.54. The Hall–Kier alpha value is -3.32. The second kappa shape index (κ2) is 11.2. The van der Waals surface area contributed by atoms with Crippen LogP contribution in [0.2, 0.25) is 10.0 Å². The molecule has 196 valence electrons. The van der Waals surface area contributed by atoms with Crippen molar-refractivity contribution in [1.29, 1.82) is 0 Å². The molecule has 0 aliphatic carbocycles. The predicted molar refractivity (Wildman–Crippen MR) is 144 cm³/mol. The van der Waals surface area contributed by atoms with Gasteiger partial charge in [0.1, 0.15) is 22.3 Å². The van der Waals surface area contributed by atoms with Gasteiger partial charge < -0.3 is 10.4 Å². The summed E-state index contributed by atoms with van der Waals surface area (Å²) in [5.41, 5.74) is 0.342. The van der Waals surface area contributed by atoms with E-state index >= 15 is 0 Å². The number of carbonyl (C=O) groups is 2. The highest BCUT2D eigenvalue weighted by Crippen LogP contribution is 2.31. The summed E-state index contributed by atoms with van der Waals surface area (Å²) < 4.78 is 42.6. The van der Waals surface area contributed by atoms with Gasteiger partial charge in [-0.3, -0.25) is 19.5 Å². The van der Waals surface area contributed by atoms with E-state index in [1.165, 1.54) is 36.7 Å². The molecule has 0 radical (unpaired) electrons. The van der Waals surface area contributed by atoms with Gasteiger partial charge in [-0.25, -0.2) is 17.6 Å². The van der Waals surface area contributed by atoms with Crippen molar-refractivity contribution >= 4 is 77.8 Å². The molecule has 38 heavy (non-hydrogen) atoms. The Morgan fingerprint density at radius 3 is 2.47 bits per heavy atom. The van der Waals surface area contributed by atoms with E-state index in [9.17, 15) is 27.5 Å². The molecule has 0 saturated carbocycles. The number of carboxylic acids is 1. The molecule has 0 saturated heterocycles. The van der Waals surface area contributed by atoms with Gasteiger partial charge in [0.05, 0.1) is 31.3 Å². The van der Waals surface area contributed by atoms with Crippen molar-refractivity contribution in [1.82, 2.24) is 15.3 Å². The smallest absolute Gasteiger partial charge is 0.326 e. The van der Waals surface area contributed by atoms with Crippen LogP contribution in [0.15, 0.2) is 70.3 Å². The summed E-state index contributed by atoms with van der Waals surface area (Å²) >= 11 is 15.2. The first-order valence-corrected chi connectivity index (χ1v) is 13.7. The van der Waals surface area contributed by atoms with Crippen molar-refractivity contribution in [2.45, 2.75) is 17.4 Å². The summed E-state index contributed by atoms with van der Waals surface area (Å²) in [7, 11) is -4.32. The van der Waals surface area contributed by atoms with Crippen molar-refractivity contribution in [2.24, 2.45) is 0 Å². The summed E-state index contributed by atoms with van der Waals surface area (Å²) in [4.78, 5) is 33.1. The molecule has 1 atom stereocenters. The van der Waals surface area contributed by atoms with Crippen LogP contribution < -0.4 is 10.0 Å². The minimum absolute atomic E-state index is 0.0513. The monoisotopic (exact) mass is 640 g/mol. The van der Waals surface area contributed by atoms with Crippen molar-refractivity contribution < 1.29 is 27.5 Å². The number of aromatic nitrogens is 2. The lowest BCUT2D eigenvalue weighted by molar-refractivity contribution is -0.139. The van der Waals surface area contributed by atoms with Gasteiger partial charge in [-0.2, -0.15) is 0 Å². The number of benzene rings is 3. The van der Waals surface area contributed by atoms with Crippen molar-refractivity contribution in [3.63, 3.8) is 0 Å². The lowest BCUT2D eigenvalue weighted by atomic mass is 10.0. The van der Waals surface area contributed by atoms with E-state index in [4.69, 9.17) is 23.2 Å². The van der Waals surface area contributed by atoms with Gasteiger partial charge in [0.25, 0.3) is 15.9 Å². The van der Waals surface area contributed by atoms with Crippen LogP contribution in [0.5, 0.6) is 0 Å².